The number of benzene rings is 4. The molecule has 364 valence electrons. The lowest BCUT2D eigenvalue weighted by Gasteiger charge is -2.31. The molecule has 0 fully saturated rings. The van der Waals surface area contributed by atoms with Crippen molar-refractivity contribution in [3.05, 3.63) is 83.6 Å². The maximum atomic E-state index is 12.6. The molecule has 0 saturated carbocycles. The van der Waals surface area contributed by atoms with Crippen LogP contribution in [-0.2, 0) is 71.0 Å². The molecule has 1 N–H and O–H groups in total. The smallest absolute Gasteiger partial charge is 0.303 e. The second-order valence-electron chi connectivity index (χ2n) is 16.9. The number of anilines is 1. The Kier molecular flexibility index (Phi) is 14.2. The molecule has 4 aromatic carbocycles. The van der Waals surface area contributed by atoms with Gasteiger partial charge in [-0.15, -0.1) is 0 Å². The van der Waals surface area contributed by atoms with Gasteiger partial charge in [-0.2, -0.15) is 4.58 Å². The number of carboxylic acid groups (broad SMARTS) is 1. The molecule has 0 radical (unpaired) electrons. The maximum Gasteiger partial charge on any atom is 0.303 e. The van der Waals surface area contributed by atoms with Gasteiger partial charge in [0.25, 0.3) is 0 Å². The van der Waals surface area contributed by atoms with E-state index < -0.39 is 92.7 Å². The van der Waals surface area contributed by atoms with E-state index in [0.717, 1.165) is 12.1 Å². The quantitative estimate of drug-likeness (QED) is 0.0792. The van der Waals surface area contributed by atoms with E-state index in [4.69, 9.17) is 4.74 Å². The van der Waals surface area contributed by atoms with Gasteiger partial charge in [0.05, 0.1) is 35.1 Å². The van der Waals surface area contributed by atoms with Crippen molar-refractivity contribution in [2.24, 2.45) is 0 Å². The first kappa shape index (κ1) is 51.7. The molecule has 0 saturated heterocycles. The van der Waals surface area contributed by atoms with Gasteiger partial charge in [-0.3, -0.25) is 4.79 Å². The number of allylic oxidation sites excluding steroid dienone is 4. The van der Waals surface area contributed by atoms with Gasteiger partial charge < -0.3 is 37.5 Å². The Morgan fingerprint density at radius 1 is 0.716 bits per heavy atom. The largest absolute Gasteiger partial charge is 0.748 e. The zero-order chi connectivity index (χ0) is 49.9. The summed E-state index contributed by atoms with van der Waals surface area (Å²) < 4.78 is 192. The fraction of sp³-hybridized carbons (Fsp3) is 0.381. The fourth-order valence-corrected chi connectivity index (χ4v) is 12.4. The molecular formula is C42H44N2O18S5-4. The molecule has 2 heterocycles. The van der Waals surface area contributed by atoms with Crippen LogP contribution in [0.15, 0.2) is 92.0 Å². The van der Waals surface area contributed by atoms with Gasteiger partial charge in [-0.25, -0.2) is 42.1 Å². The van der Waals surface area contributed by atoms with E-state index in [1.807, 2.05) is 0 Å². The van der Waals surface area contributed by atoms with Gasteiger partial charge in [-0.1, -0.05) is 18.6 Å². The lowest BCUT2D eigenvalue weighted by atomic mass is 9.75. The second kappa shape index (κ2) is 18.3. The first-order valence-electron chi connectivity index (χ1n) is 20.3. The molecule has 25 heteroatoms. The monoisotopic (exact) mass is 1020 g/mol. The molecule has 1 atom stereocenters. The molecule has 0 aliphatic carbocycles. The average Bonchev–Trinajstić information content (AvgIpc) is 3.56. The normalized spacial score (nSPS) is 18.5. The van der Waals surface area contributed by atoms with Gasteiger partial charge in [0.2, 0.25) is 5.69 Å². The van der Waals surface area contributed by atoms with Crippen molar-refractivity contribution in [3.8, 4) is 0 Å². The van der Waals surface area contributed by atoms with Crippen LogP contribution < -0.4 is 4.90 Å². The number of unbranched alkanes of at least 4 members (excludes halogenated alkanes) is 2. The van der Waals surface area contributed by atoms with E-state index in [1.54, 1.807) is 48.5 Å². The van der Waals surface area contributed by atoms with E-state index in [-0.39, 0.29) is 72.5 Å². The van der Waals surface area contributed by atoms with E-state index in [1.165, 1.54) is 31.4 Å². The number of nitrogens with zero attached hydrogens (tertiary/aromatic N) is 2. The van der Waals surface area contributed by atoms with Crippen molar-refractivity contribution in [1.82, 2.24) is 0 Å². The van der Waals surface area contributed by atoms with Crippen LogP contribution in [0.5, 0.6) is 0 Å². The molecule has 1 unspecified atom stereocenters. The van der Waals surface area contributed by atoms with Gasteiger partial charge >= 0.3 is 5.97 Å². The van der Waals surface area contributed by atoms with Crippen LogP contribution in [0.1, 0.15) is 70.4 Å². The van der Waals surface area contributed by atoms with Crippen LogP contribution in [0, 0.1) is 0 Å². The SMILES string of the molecule is COCC[N+]1=C(/C=C/C=C2/N(CCCCCC(=O)O)c3ccc4c(S(=O)(=O)[O-])cc(S(=O)(=O)[O-])cc4c3C2(C)CCCS(=O)(=O)[O-])C(C)(C)c2c1ccc1c(S(=O)(=O)[O-])cc(S(=O)(=O)[O-])cc21. The third-order valence-corrected chi connectivity index (χ3v) is 16.3. The summed E-state index contributed by atoms with van der Waals surface area (Å²) >= 11 is 0. The third kappa shape index (κ3) is 10.5. The maximum absolute atomic E-state index is 12.6. The summed E-state index contributed by atoms with van der Waals surface area (Å²) in [5, 5.41) is 8.71. The Balaban J connectivity index is 1.62. The van der Waals surface area contributed by atoms with Gasteiger partial charge in [-0.05, 0) is 111 Å². The van der Waals surface area contributed by atoms with Crippen LogP contribution >= 0.6 is 0 Å². The number of ether oxygens (including phenoxy) is 1. The van der Waals surface area contributed by atoms with E-state index in [2.05, 4.69) is 0 Å². The Bertz CT molecular complexity index is 3400. The van der Waals surface area contributed by atoms with E-state index in [9.17, 15) is 74.8 Å². The molecule has 2 aliphatic heterocycles. The summed E-state index contributed by atoms with van der Waals surface area (Å²) in [6.07, 6.45) is 5.34. The summed E-state index contributed by atoms with van der Waals surface area (Å²) in [5.74, 6) is -1.87. The van der Waals surface area contributed by atoms with Crippen molar-refractivity contribution in [3.63, 3.8) is 0 Å². The van der Waals surface area contributed by atoms with Crippen molar-refractivity contribution >= 4 is 95.2 Å². The standard InChI is InChI=1S/C42H48N2O18S5/c1-41(2)36(44(19-20-62-4)32-15-13-28-30(39(32)41)22-26(64(50,51)52)24-34(28)66(56,57)58)10-8-11-37-42(3,17-9-21-63(47,48)49)40-31-23-27(65(53,54)55)25-35(67(59,60)61)29(31)14-16-33(40)43(37)18-7-5-6-12-38(45)46/h8,10-11,13-16,22-25H,5-7,9,12,17-21H2,1-4H3,(H5-,45,46,47,48,49,50,51,52,53,54,55,56,57,58,59,60,61)/p-4. The molecule has 0 amide bonds. The Morgan fingerprint density at radius 2 is 1.27 bits per heavy atom. The van der Waals surface area contributed by atoms with Crippen LogP contribution in [0.25, 0.3) is 21.5 Å². The molecule has 67 heavy (non-hydrogen) atoms. The molecule has 0 bridgehead atoms. The molecule has 0 spiro atoms. The molecule has 0 aromatic heterocycles. The number of carboxylic acids is 1. The number of methoxy groups -OCH3 is 1. The number of rotatable bonds is 19. The highest BCUT2D eigenvalue weighted by atomic mass is 32.2. The Morgan fingerprint density at radius 3 is 1.78 bits per heavy atom. The fourth-order valence-electron chi connectivity index (χ4n) is 9.31. The second-order valence-corrected chi connectivity index (χ2v) is 23.9. The number of carbonyl (C=O) groups is 1. The van der Waals surface area contributed by atoms with Crippen molar-refractivity contribution < 1.29 is 84.1 Å². The Hall–Kier alpha value is -4.67. The van der Waals surface area contributed by atoms with Gasteiger partial charge in [0.15, 0.2) is 12.3 Å². The molecule has 20 nitrogen and oxygen atoms in total. The topological polar surface area (TPSA) is 339 Å². The van der Waals surface area contributed by atoms with Crippen LogP contribution in [0.2, 0.25) is 0 Å². The number of hydrogen-bond acceptors (Lipinski definition) is 18. The molecular weight excluding hydrogens is 981 g/mol. The summed E-state index contributed by atoms with van der Waals surface area (Å²) in [6.45, 7) is 5.52. The zero-order valence-corrected chi connectivity index (χ0v) is 40.3. The average molecular weight is 1030 g/mol. The molecule has 4 aromatic rings. The lowest BCUT2D eigenvalue weighted by molar-refractivity contribution is -0.441. The van der Waals surface area contributed by atoms with Gasteiger partial charge in [0.1, 0.15) is 47.1 Å². The first-order valence-corrected chi connectivity index (χ1v) is 27.5. The van der Waals surface area contributed by atoms with E-state index >= 15 is 0 Å². The summed E-state index contributed by atoms with van der Waals surface area (Å²) in [7, 11) is -24.8. The van der Waals surface area contributed by atoms with Crippen LogP contribution in [-0.4, -0.2) is 119 Å². The van der Waals surface area contributed by atoms with Crippen LogP contribution in [0.4, 0.5) is 11.4 Å². The first-order chi connectivity index (χ1) is 30.8. The predicted octanol–water partition coefficient (Wildman–Crippen LogP) is 3.82. The minimum atomic E-state index is -5.43. The number of aliphatic carboxylic acids is 1. The van der Waals surface area contributed by atoms with Crippen molar-refractivity contribution in [2.75, 3.05) is 37.5 Å². The molecule has 6 rings (SSSR count). The van der Waals surface area contributed by atoms with Crippen molar-refractivity contribution in [1.29, 1.82) is 0 Å². The summed E-state index contributed by atoms with van der Waals surface area (Å²) in [4.78, 5) is 9.16. The minimum absolute atomic E-state index is 0.00922. The van der Waals surface area contributed by atoms with Gasteiger partial charge in [0, 0.05) is 65.7 Å². The molecule has 2 aliphatic rings. The Labute approximate surface area is 388 Å². The highest BCUT2D eigenvalue weighted by Crippen LogP contribution is 2.54. The minimum Gasteiger partial charge on any atom is -0.748 e. The zero-order valence-electron chi connectivity index (χ0n) is 36.2. The third-order valence-electron chi connectivity index (χ3n) is 12.1. The lowest BCUT2D eigenvalue weighted by Crippen LogP contribution is -2.30. The number of fused-ring (bicyclic) bond motifs is 6. The van der Waals surface area contributed by atoms with E-state index in [0.29, 0.717) is 53.3 Å². The summed E-state index contributed by atoms with van der Waals surface area (Å²) in [5.41, 5.74) is -0.399. The highest BCUT2D eigenvalue weighted by molar-refractivity contribution is 7.87. The van der Waals surface area contributed by atoms with Crippen LogP contribution in [0.3, 0.4) is 0 Å². The predicted molar refractivity (Wildman–Crippen MR) is 236 cm³/mol. The van der Waals surface area contributed by atoms with Crippen molar-refractivity contribution in [2.45, 2.75) is 89.7 Å². The number of hydrogen-bond donors (Lipinski definition) is 1. The summed E-state index contributed by atoms with van der Waals surface area (Å²) in [6, 6.07) is 8.50. The highest BCUT2D eigenvalue weighted by Gasteiger charge is 2.47.